The lowest BCUT2D eigenvalue weighted by molar-refractivity contribution is 1.28. The molecule has 0 aliphatic rings. The second-order valence-corrected chi connectivity index (χ2v) is 5.10. The zero-order valence-corrected chi connectivity index (χ0v) is 12.0. The molecule has 0 fully saturated rings. The first-order valence-electron chi connectivity index (χ1n) is 7.01. The highest BCUT2D eigenvalue weighted by Crippen LogP contribution is 2.33. The molecule has 0 N–H and O–H groups in total. The van der Waals surface area contributed by atoms with Crippen molar-refractivity contribution < 1.29 is 0 Å². The molecule has 3 aromatic carbocycles. The van der Waals surface area contributed by atoms with Crippen LogP contribution in [-0.4, -0.2) is 7.85 Å². The third-order valence-electron chi connectivity index (χ3n) is 3.46. The normalized spacial score (nSPS) is 10.3. The average Bonchev–Trinajstić information content (AvgIpc) is 2.52. The molecule has 1 nitrogen and oxygen atoms in total. The molecule has 0 bridgehead atoms. The Hall–Kier alpha value is -2.48. The van der Waals surface area contributed by atoms with Crippen molar-refractivity contribution in [2.24, 2.45) is 0 Å². The van der Waals surface area contributed by atoms with E-state index in [-0.39, 0.29) is 0 Å². The monoisotopic (exact) mass is 269 g/mol. The second kappa shape index (κ2) is 5.88. The minimum absolute atomic E-state index is 0.774. The fraction of sp³-hybridized carbons (Fsp3) is 0.0526. The van der Waals surface area contributed by atoms with Gasteiger partial charge in [0.1, 0.15) is 7.85 Å². The van der Waals surface area contributed by atoms with Crippen LogP contribution in [0, 0.1) is 6.92 Å². The van der Waals surface area contributed by atoms with E-state index < -0.39 is 0 Å². The van der Waals surface area contributed by atoms with E-state index in [9.17, 15) is 0 Å². The van der Waals surface area contributed by atoms with E-state index in [2.05, 4.69) is 48.2 Å². The second-order valence-electron chi connectivity index (χ2n) is 5.10. The summed E-state index contributed by atoms with van der Waals surface area (Å²) in [5, 5.41) is 0. The van der Waals surface area contributed by atoms with E-state index in [1.165, 1.54) is 5.56 Å². The summed E-state index contributed by atoms with van der Waals surface area (Å²) in [4.78, 5) is 2.22. The van der Waals surface area contributed by atoms with Crippen molar-refractivity contribution in [2.45, 2.75) is 6.92 Å². The van der Waals surface area contributed by atoms with E-state index in [1.54, 1.807) is 0 Å². The quantitative estimate of drug-likeness (QED) is 0.642. The predicted octanol–water partition coefficient (Wildman–Crippen LogP) is 4.26. The van der Waals surface area contributed by atoms with Crippen molar-refractivity contribution in [3.05, 3.63) is 84.4 Å². The van der Waals surface area contributed by atoms with E-state index in [0.717, 1.165) is 22.5 Å². The number of para-hydroxylation sites is 1. The Morgan fingerprint density at radius 2 is 1.10 bits per heavy atom. The van der Waals surface area contributed by atoms with Crippen LogP contribution in [0.5, 0.6) is 0 Å². The maximum absolute atomic E-state index is 5.81. The SMILES string of the molecule is [B]c1ccc(N(c2ccccc2)c2ccc(C)cc2)cc1. The Morgan fingerprint density at radius 1 is 0.619 bits per heavy atom. The summed E-state index contributed by atoms with van der Waals surface area (Å²) in [6, 6.07) is 26.8. The molecule has 3 rings (SSSR count). The van der Waals surface area contributed by atoms with Gasteiger partial charge >= 0.3 is 0 Å². The van der Waals surface area contributed by atoms with Crippen molar-refractivity contribution in [2.75, 3.05) is 4.90 Å². The molecule has 2 heteroatoms. The molecule has 0 unspecified atom stereocenters. The average molecular weight is 269 g/mol. The summed E-state index contributed by atoms with van der Waals surface area (Å²) in [6.07, 6.45) is 0. The molecule has 3 aromatic rings. The zero-order chi connectivity index (χ0) is 14.7. The van der Waals surface area contributed by atoms with Gasteiger partial charge in [-0.3, -0.25) is 0 Å². The third kappa shape index (κ3) is 3.00. The molecule has 0 aliphatic heterocycles. The van der Waals surface area contributed by atoms with E-state index in [4.69, 9.17) is 7.85 Å². The summed E-state index contributed by atoms with van der Waals surface area (Å²) in [7, 11) is 5.81. The van der Waals surface area contributed by atoms with Crippen LogP contribution in [-0.2, 0) is 0 Å². The topological polar surface area (TPSA) is 3.24 Å². The van der Waals surface area contributed by atoms with Gasteiger partial charge in [0, 0.05) is 17.1 Å². The third-order valence-corrected chi connectivity index (χ3v) is 3.46. The smallest absolute Gasteiger partial charge is 0.113 e. The summed E-state index contributed by atoms with van der Waals surface area (Å²) in [5.41, 5.74) is 5.39. The van der Waals surface area contributed by atoms with Gasteiger partial charge in [0.05, 0.1) is 0 Å². The van der Waals surface area contributed by atoms with Crippen LogP contribution in [0.3, 0.4) is 0 Å². The molecule has 21 heavy (non-hydrogen) atoms. The first kappa shape index (κ1) is 13.5. The van der Waals surface area contributed by atoms with E-state index >= 15 is 0 Å². The minimum Gasteiger partial charge on any atom is -0.311 e. The molecule has 100 valence electrons. The summed E-state index contributed by atoms with van der Waals surface area (Å²) in [6.45, 7) is 2.10. The van der Waals surface area contributed by atoms with E-state index in [0.29, 0.717) is 0 Å². The van der Waals surface area contributed by atoms with E-state index in [1.807, 2.05) is 42.5 Å². The number of hydrogen-bond acceptors (Lipinski definition) is 1. The first-order valence-corrected chi connectivity index (χ1v) is 7.01. The van der Waals surface area contributed by atoms with Gasteiger partial charge in [-0.25, -0.2) is 0 Å². The standard InChI is InChI=1S/C19H16BN/c1-15-7-11-18(12-8-15)21(17-5-3-2-4-6-17)19-13-9-16(20)10-14-19/h2-14H,1H3. The molecule has 0 spiro atoms. The Bertz CT molecular complexity index is 657. The van der Waals surface area contributed by atoms with Crippen LogP contribution in [0.2, 0.25) is 0 Å². The van der Waals surface area contributed by atoms with Crippen LogP contribution in [0.25, 0.3) is 0 Å². The van der Waals surface area contributed by atoms with Crippen molar-refractivity contribution in [3.63, 3.8) is 0 Å². The number of hydrogen-bond donors (Lipinski definition) is 0. The molecule has 0 aliphatic carbocycles. The summed E-state index contributed by atoms with van der Waals surface area (Å²) < 4.78 is 0. The molecule has 0 heterocycles. The van der Waals surface area contributed by atoms with Crippen LogP contribution < -0.4 is 10.4 Å². The van der Waals surface area contributed by atoms with Gasteiger partial charge in [0.25, 0.3) is 0 Å². The molecule has 0 amide bonds. The first-order chi connectivity index (χ1) is 10.2. The minimum atomic E-state index is 0.774. The zero-order valence-electron chi connectivity index (χ0n) is 12.0. The fourth-order valence-corrected chi connectivity index (χ4v) is 2.34. The Labute approximate surface area is 127 Å². The van der Waals surface area contributed by atoms with Gasteiger partial charge in [-0.15, -0.1) is 0 Å². The van der Waals surface area contributed by atoms with Crippen LogP contribution in [0.4, 0.5) is 17.1 Å². The molecule has 0 saturated heterocycles. The molecular weight excluding hydrogens is 253 g/mol. The highest BCUT2D eigenvalue weighted by molar-refractivity contribution is 6.32. The van der Waals surface area contributed by atoms with Gasteiger partial charge in [-0.1, -0.05) is 53.5 Å². The van der Waals surface area contributed by atoms with Gasteiger partial charge in [-0.05, 0) is 43.3 Å². The van der Waals surface area contributed by atoms with Crippen LogP contribution in [0.1, 0.15) is 5.56 Å². The Morgan fingerprint density at radius 3 is 1.67 bits per heavy atom. The number of anilines is 3. The largest absolute Gasteiger partial charge is 0.311 e. The maximum atomic E-state index is 5.81. The van der Waals surface area contributed by atoms with Gasteiger partial charge in [0.15, 0.2) is 0 Å². The van der Waals surface area contributed by atoms with Crippen molar-refractivity contribution >= 4 is 30.4 Å². The molecule has 0 saturated carbocycles. The number of aryl methyl sites for hydroxylation is 1. The van der Waals surface area contributed by atoms with Crippen molar-refractivity contribution in [1.29, 1.82) is 0 Å². The lowest BCUT2D eigenvalue weighted by Crippen LogP contribution is -2.11. The molecule has 0 atom stereocenters. The summed E-state index contributed by atoms with van der Waals surface area (Å²) in [5.74, 6) is 0. The van der Waals surface area contributed by atoms with Crippen LogP contribution >= 0.6 is 0 Å². The Kier molecular flexibility index (Phi) is 3.78. The number of benzene rings is 3. The van der Waals surface area contributed by atoms with Gasteiger partial charge in [-0.2, -0.15) is 0 Å². The maximum Gasteiger partial charge on any atom is 0.113 e. The molecular formula is C19H16BN. The predicted molar refractivity (Wildman–Crippen MR) is 91.3 cm³/mol. The van der Waals surface area contributed by atoms with Crippen molar-refractivity contribution in [1.82, 2.24) is 0 Å². The lowest BCUT2D eigenvalue weighted by Gasteiger charge is -2.25. The highest BCUT2D eigenvalue weighted by Gasteiger charge is 2.11. The fourth-order valence-electron chi connectivity index (χ4n) is 2.34. The number of nitrogens with zero attached hydrogens (tertiary/aromatic N) is 1. The molecule has 2 radical (unpaired) electrons. The summed E-state index contributed by atoms with van der Waals surface area (Å²) >= 11 is 0. The van der Waals surface area contributed by atoms with Gasteiger partial charge in [0.2, 0.25) is 0 Å². The molecule has 0 aromatic heterocycles. The van der Waals surface area contributed by atoms with Crippen LogP contribution in [0.15, 0.2) is 78.9 Å². The number of rotatable bonds is 3. The van der Waals surface area contributed by atoms with Gasteiger partial charge < -0.3 is 4.90 Å². The highest BCUT2D eigenvalue weighted by atomic mass is 15.1. The Balaban J connectivity index is 2.11. The van der Waals surface area contributed by atoms with Crippen molar-refractivity contribution in [3.8, 4) is 0 Å². The lowest BCUT2D eigenvalue weighted by atomic mass is 9.96.